The fraction of sp³-hybridized carbons (Fsp3) is 0.320. The third-order valence-corrected chi connectivity index (χ3v) is 6.90. The second-order valence-corrected chi connectivity index (χ2v) is 8.83. The summed E-state index contributed by atoms with van der Waals surface area (Å²) in [7, 11) is 1.63. The number of anilines is 1. The number of urea groups is 1. The number of nitrogens with one attached hydrogen (secondary N) is 2. The zero-order valence-electron chi connectivity index (χ0n) is 17.7. The molecule has 5 nitrogen and oxygen atoms in total. The lowest BCUT2D eigenvalue weighted by atomic mass is 9.96. The first-order chi connectivity index (χ1) is 15.1. The maximum atomic E-state index is 11.7. The van der Waals surface area contributed by atoms with Gasteiger partial charge in [-0.25, -0.2) is 4.79 Å². The predicted octanol–water partition coefficient (Wildman–Crippen LogP) is 5.21. The molecule has 2 aliphatic rings. The predicted molar refractivity (Wildman–Crippen MR) is 128 cm³/mol. The van der Waals surface area contributed by atoms with Crippen LogP contribution in [0.25, 0.3) is 16.5 Å². The van der Waals surface area contributed by atoms with E-state index in [-0.39, 0.29) is 6.03 Å². The summed E-state index contributed by atoms with van der Waals surface area (Å²) in [5.41, 5.74) is 7.36. The van der Waals surface area contributed by atoms with E-state index >= 15 is 0 Å². The Balaban J connectivity index is 1.29. The molecule has 1 aliphatic heterocycles. The van der Waals surface area contributed by atoms with Gasteiger partial charge < -0.3 is 10.6 Å². The Morgan fingerprint density at radius 3 is 2.87 bits per heavy atom. The molecule has 160 valence electrons. The smallest absolute Gasteiger partial charge is 0.318 e. The third kappa shape index (κ3) is 3.95. The minimum atomic E-state index is -0.179. The summed E-state index contributed by atoms with van der Waals surface area (Å²) in [6.45, 7) is 3.06. The van der Waals surface area contributed by atoms with Gasteiger partial charge in [0.2, 0.25) is 0 Å². The number of hydrogen-bond acceptors (Lipinski definition) is 2. The van der Waals surface area contributed by atoms with Crippen LogP contribution >= 0.6 is 11.8 Å². The Hall–Kier alpha value is -2.76. The van der Waals surface area contributed by atoms with Crippen molar-refractivity contribution in [3.8, 4) is 0 Å². The van der Waals surface area contributed by atoms with Gasteiger partial charge >= 0.3 is 6.03 Å². The summed E-state index contributed by atoms with van der Waals surface area (Å²) in [5, 5.41) is 6.73. The van der Waals surface area contributed by atoms with Crippen molar-refractivity contribution in [1.82, 2.24) is 14.3 Å². The number of benzene rings is 2. The standard InChI is InChI=1S/C25H27ClN4O/c1-27-25(31)28-20-9-8-17-6-7-19(22(17)14-20)15-29-12-10-18(11-13-29)23-16-30(26)24-5-3-2-4-21(23)24/h2-5,8-10,14,16,19H,6-7,11-13,15H2,1H3,(H2,27,28,31). The zero-order valence-corrected chi connectivity index (χ0v) is 18.5. The van der Waals surface area contributed by atoms with Gasteiger partial charge in [-0.3, -0.25) is 8.99 Å². The van der Waals surface area contributed by atoms with Crippen molar-refractivity contribution >= 4 is 40.0 Å². The molecular formula is C25H27ClN4O. The lowest BCUT2D eigenvalue weighted by molar-refractivity contribution is 0.254. The van der Waals surface area contributed by atoms with Crippen LogP contribution in [-0.2, 0) is 6.42 Å². The molecule has 0 bridgehead atoms. The topological polar surface area (TPSA) is 49.3 Å². The largest absolute Gasteiger partial charge is 0.341 e. The van der Waals surface area contributed by atoms with Crippen LogP contribution in [0, 0.1) is 0 Å². The van der Waals surface area contributed by atoms with Crippen LogP contribution in [0.5, 0.6) is 0 Å². The van der Waals surface area contributed by atoms with E-state index in [0.717, 1.165) is 43.7 Å². The van der Waals surface area contributed by atoms with Crippen molar-refractivity contribution in [2.75, 3.05) is 32.0 Å². The molecule has 1 aromatic heterocycles. The molecule has 2 heterocycles. The monoisotopic (exact) mass is 434 g/mol. The number of fused-ring (bicyclic) bond motifs is 2. The molecule has 1 unspecified atom stereocenters. The van der Waals surface area contributed by atoms with E-state index < -0.39 is 0 Å². The van der Waals surface area contributed by atoms with Crippen LogP contribution < -0.4 is 10.6 Å². The Morgan fingerprint density at radius 1 is 1.19 bits per heavy atom. The van der Waals surface area contributed by atoms with Crippen molar-refractivity contribution in [3.05, 3.63) is 71.4 Å². The number of aromatic nitrogens is 1. The van der Waals surface area contributed by atoms with E-state index in [4.69, 9.17) is 11.8 Å². The van der Waals surface area contributed by atoms with E-state index in [1.165, 1.54) is 34.1 Å². The van der Waals surface area contributed by atoms with Gasteiger partial charge in [0.05, 0.1) is 5.52 Å². The Bertz CT molecular complexity index is 1170. The molecule has 2 N–H and O–H groups in total. The Morgan fingerprint density at radius 2 is 2.06 bits per heavy atom. The zero-order chi connectivity index (χ0) is 21.4. The summed E-state index contributed by atoms with van der Waals surface area (Å²) < 4.78 is 1.71. The van der Waals surface area contributed by atoms with Gasteiger partial charge in [0.15, 0.2) is 0 Å². The van der Waals surface area contributed by atoms with Crippen LogP contribution in [0.4, 0.5) is 10.5 Å². The fourth-order valence-corrected chi connectivity index (χ4v) is 5.22. The number of carbonyl (C=O) groups is 1. The van der Waals surface area contributed by atoms with Gasteiger partial charge in [0.1, 0.15) is 0 Å². The number of amides is 2. The average molecular weight is 435 g/mol. The number of nitrogens with zero attached hydrogens (tertiary/aromatic N) is 2. The minimum Gasteiger partial charge on any atom is -0.341 e. The number of aryl methyl sites for hydroxylation is 1. The quantitative estimate of drug-likeness (QED) is 0.591. The third-order valence-electron chi connectivity index (χ3n) is 6.62. The number of rotatable bonds is 4. The number of hydrogen-bond donors (Lipinski definition) is 2. The maximum Gasteiger partial charge on any atom is 0.318 e. The molecule has 1 atom stereocenters. The first-order valence-corrected chi connectivity index (χ1v) is 11.3. The van der Waals surface area contributed by atoms with Gasteiger partial charge in [-0.15, -0.1) is 0 Å². The molecule has 31 heavy (non-hydrogen) atoms. The molecule has 0 radical (unpaired) electrons. The van der Waals surface area contributed by atoms with Crippen LogP contribution in [0.3, 0.4) is 0 Å². The van der Waals surface area contributed by atoms with Crippen molar-refractivity contribution in [1.29, 1.82) is 0 Å². The van der Waals surface area contributed by atoms with Gasteiger partial charge in [-0.2, -0.15) is 0 Å². The Kier molecular flexibility index (Phi) is 5.47. The molecule has 3 aromatic rings. The first kappa shape index (κ1) is 20.2. The molecule has 0 saturated carbocycles. The fourth-order valence-electron chi connectivity index (χ4n) is 4.98. The van der Waals surface area contributed by atoms with Gasteiger partial charge in [-0.1, -0.05) is 30.3 Å². The van der Waals surface area contributed by atoms with E-state index in [9.17, 15) is 4.79 Å². The van der Waals surface area contributed by atoms with Gasteiger partial charge in [0.25, 0.3) is 0 Å². The highest BCUT2D eigenvalue weighted by molar-refractivity contribution is 6.20. The second-order valence-electron chi connectivity index (χ2n) is 8.46. The molecule has 2 amide bonds. The van der Waals surface area contributed by atoms with E-state index in [1.54, 1.807) is 11.1 Å². The number of carbonyl (C=O) groups excluding carboxylic acids is 1. The highest BCUT2D eigenvalue weighted by atomic mass is 35.5. The lowest BCUT2D eigenvalue weighted by Gasteiger charge is -2.29. The summed E-state index contributed by atoms with van der Waals surface area (Å²) in [4.78, 5) is 14.2. The number of halogens is 1. The van der Waals surface area contributed by atoms with Crippen molar-refractivity contribution in [2.24, 2.45) is 0 Å². The molecule has 0 spiro atoms. The maximum absolute atomic E-state index is 11.7. The normalized spacial score (nSPS) is 18.6. The average Bonchev–Trinajstić information content (AvgIpc) is 3.35. The molecule has 1 aliphatic carbocycles. The summed E-state index contributed by atoms with van der Waals surface area (Å²) in [6.07, 6.45) is 7.72. The van der Waals surface area contributed by atoms with Crippen molar-refractivity contribution in [2.45, 2.75) is 25.2 Å². The summed E-state index contributed by atoms with van der Waals surface area (Å²) in [5.74, 6) is 0.515. The SMILES string of the molecule is CNC(=O)Nc1ccc2c(c1)C(CN1CC=C(c3cn(Cl)c4ccccc34)CC1)CC2. The van der Waals surface area contributed by atoms with Crippen LogP contribution in [0.1, 0.15) is 35.4 Å². The second kappa shape index (κ2) is 8.40. The van der Waals surface area contributed by atoms with E-state index in [2.05, 4.69) is 51.9 Å². The van der Waals surface area contributed by atoms with Gasteiger partial charge in [0, 0.05) is 61.3 Å². The van der Waals surface area contributed by atoms with Gasteiger partial charge in [-0.05, 0) is 60.1 Å². The van der Waals surface area contributed by atoms with Crippen LogP contribution in [0.2, 0.25) is 0 Å². The molecule has 0 saturated heterocycles. The molecular weight excluding hydrogens is 408 g/mol. The summed E-state index contributed by atoms with van der Waals surface area (Å²) >= 11 is 6.39. The first-order valence-electron chi connectivity index (χ1n) is 10.9. The van der Waals surface area contributed by atoms with Crippen molar-refractivity contribution in [3.63, 3.8) is 0 Å². The molecule has 0 fully saturated rings. The number of para-hydroxylation sites is 1. The van der Waals surface area contributed by atoms with Crippen LogP contribution in [0.15, 0.2) is 54.7 Å². The highest BCUT2D eigenvalue weighted by Crippen LogP contribution is 2.37. The van der Waals surface area contributed by atoms with Crippen LogP contribution in [-0.4, -0.2) is 41.7 Å². The highest BCUT2D eigenvalue weighted by Gasteiger charge is 2.26. The molecule has 5 rings (SSSR count). The summed E-state index contributed by atoms with van der Waals surface area (Å²) in [6, 6.07) is 14.4. The van der Waals surface area contributed by atoms with Crippen molar-refractivity contribution < 1.29 is 4.79 Å². The lowest BCUT2D eigenvalue weighted by Crippen LogP contribution is -2.32. The molecule has 2 aromatic carbocycles. The minimum absolute atomic E-state index is 0.179. The molecule has 6 heteroatoms. The van der Waals surface area contributed by atoms with E-state index in [0.29, 0.717) is 5.92 Å². The van der Waals surface area contributed by atoms with E-state index in [1.807, 2.05) is 18.3 Å². The Labute approximate surface area is 187 Å².